The van der Waals surface area contributed by atoms with Gasteiger partial charge in [0.2, 0.25) is 0 Å². The zero-order chi connectivity index (χ0) is 14.0. The van der Waals surface area contributed by atoms with Gasteiger partial charge in [-0.05, 0) is 24.3 Å². The van der Waals surface area contributed by atoms with E-state index in [0.29, 0.717) is 5.69 Å². The molecule has 0 atom stereocenters. The average Bonchev–Trinajstić information content (AvgIpc) is 2.42. The van der Waals surface area contributed by atoms with Gasteiger partial charge in [-0.1, -0.05) is 11.6 Å². The summed E-state index contributed by atoms with van der Waals surface area (Å²) in [4.78, 5) is 22.7. The number of aromatic nitrogens is 2. The summed E-state index contributed by atoms with van der Waals surface area (Å²) < 4.78 is 1.05. The van der Waals surface area contributed by atoms with Gasteiger partial charge in [0.1, 0.15) is 5.02 Å². The van der Waals surface area contributed by atoms with Crippen molar-refractivity contribution in [3.8, 4) is 5.69 Å². The van der Waals surface area contributed by atoms with E-state index in [0.717, 1.165) is 4.68 Å². The molecule has 0 bridgehead atoms. The summed E-state index contributed by atoms with van der Waals surface area (Å²) in [5, 5.41) is 12.6. The second kappa shape index (κ2) is 5.09. The molecule has 1 heterocycles. The van der Waals surface area contributed by atoms with Crippen LogP contribution in [0.25, 0.3) is 5.69 Å². The van der Waals surface area contributed by atoms with E-state index in [2.05, 4.69) is 10.5 Å². The molecule has 0 saturated carbocycles. The van der Waals surface area contributed by atoms with Gasteiger partial charge in [0, 0.05) is 0 Å². The summed E-state index contributed by atoms with van der Waals surface area (Å²) in [5.74, 6) is 4.13. The molecule has 7 nitrogen and oxygen atoms in total. The Hall–Kier alpha value is -2.38. The highest BCUT2D eigenvalue weighted by atomic mass is 35.5. The summed E-state index contributed by atoms with van der Waals surface area (Å²) in [6.07, 6.45) is 1.30. The van der Waals surface area contributed by atoms with Crippen molar-refractivity contribution in [2.45, 2.75) is 0 Å². The van der Waals surface area contributed by atoms with Crippen LogP contribution in [0.5, 0.6) is 0 Å². The highest BCUT2D eigenvalue weighted by molar-refractivity contribution is 6.32. The first-order valence-corrected chi connectivity index (χ1v) is 5.50. The predicted molar refractivity (Wildman–Crippen MR) is 69.6 cm³/mol. The second-order valence-corrected chi connectivity index (χ2v) is 3.96. The third-order valence-electron chi connectivity index (χ3n) is 2.43. The van der Waals surface area contributed by atoms with Gasteiger partial charge in [-0.25, -0.2) is 4.79 Å². The Balaban J connectivity index is 2.51. The Kier molecular flexibility index (Phi) is 3.50. The molecule has 2 aromatic rings. The number of aromatic carboxylic acids is 1. The van der Waals surface area contributed by atoms with Crippen molar-refractivity contribution in [2.75, 3.05) is 5.43 Å². The molecule has 1 aromatic carbocycles. The maximum absolute atomic E-state index is 11.9. The quantitative estimate of drug-likeness (QED) is 0.568. The molecule has 0 amide bonds. The van der Waals surface area contributed by atoms with Crippen molar-refractivity contribution in [3.63, 3.8) is 0 Å². The second-order valence-electron chi connectivity index (χ2n) is 3.59. The standard InChI is InChI=1S/C11H9ClN4O3/c12-9-8(15-13)5-14-16(10(9)17)7-3-1-6(2-4-7)11(18)19/h1-5,15H,13H2,(H,18,19). The number of halogens is 1. The third-order valence-corrected chi connectivity index (χ3v) is 2.80. The lowest BCUT2D eigenvalue weighted by atomic mass is 10.2. The Morgan fingerprint density at radius 3 is 2.53 bits per heavy atom. The Morgan fingerprint density at radius 1 is 1.37 bits per heavy atom. The number of rotatable bonds is 3. The van der Waals surface area contributed by atoms with E-state index in [-0.39, 0.29) is 16.3 Å². The van der Waals surface area contributed by atoms with Gasteiger partial charge in [-0.3, -0.25) is 10.6 Å². The fourth-order valence-electron chi connectivity index (χ4n) is 1.46. The van der Waals surface area contributed by atoms with E-state index in [9.17, 15) is 9.59 Å². The lowest BCUT2D eigenvalue weighted by Gasteiger charge is -2.07. The number of hydrazine groups is 1. The highest BCUT2D eigenvalue weighted by Gasteiger charge is 2.10. The van der Waals surface area contributed by atoms with Crippen molar-refractivity contribution in [1.82, 2.24) is 9.78 Å². The summed E-state index contributed by atoms with van der Waals surface area (Å²) in [7, 11) is 0. The fourth-order valence-corrected chi connectivity index (χ4v) is 1.65. The first-order chi connectivity index (χ1) is 9.04. The Labute approximate surface area is 112 Å². The number of anilines is 1. The van der Waals surface area contributed by atoms with Gasteiger partial charge < -0.3 is 10.5 Å². The zero-order valence-electron chi connectivity index (χ0n) is 9.50. The maximum atomic E-state index is 11.9. The molecule has 8 heteroatoms. The number of carboxylic acid groups (broad SMARTS) is 1. The minimum absolute atomic E-state index is 0.0974. The molecule has 4 N–H and O–H groups in total. The summed E-state index contributed by atoms with van der Waals surface area (Å²) in [6, 6.07) is 5.66. The first kappa shape index (κ1) is 13.1. The van der Waals surface area contributed by atoms with Crippen LogP contribution in [0.15, 0.2) is 35.3 Å². The van der Waals surface area contributed by atoms with E-state index < -0.39 is 11.5 Å². The lowest BCUT2D eigenvalue weighted by Crippen LogP contribution is -2.23. The van der Waals surface area contributed by atoms with Crippen LogP contribution in [0.3, 0.4) is 0 Å². The Bertz CT molecular complexity index is 681. The van der Waals surface area contributed by atoms with Crippen LogP contribution in [-0.2, 0) is 0 Å². The number of hydrogen-bond acceptors (Lipinski definition) is 5. The van der Waals surface area contributed by atoms with Crippen molar-refractivity contribution in [2.24, 2.45) is 5.84 Å². The molecule has 0 unspecified atom stereocenters. The van der Waals surface area contributed by atoms with Crippen molar-refractivity contribution in [1.29, 1.82) is 0 Å². The Morgan fingerprint density at radius 2 is 2.00 bits per heavy atom. The number of nitrogens with two attached hydrogens (primary N) is 1. The molecule has 0 saturated heterocycles. The molecular formula is C11H9ClN4O3. The molecule has 0 radical (unpaired) electrons. The zero-order valence-corrected chi connectivity index (χ0v) is 10.3. The first-order valence-electron chi connectivity index (χ1n) is 5.12. The molecule has 0 fully saturated rings. The number of carboxylic acids is 1. The molecule has 98 valence electrons. The number of nitrogen functional groups attached to an aromatic ring is 1. The van der Waals surface area contributed by atoms with Crippen molar-refractivity contribution < 1.29 is 9.90 Å². The van der Waals surface area contributed by atoms with Crippen LogP contribution < -0.4 is 16.8 Å². The van der Waals surface area contributed by atoms with Crippen LogP contribution in [0, 0.1) is 0 Å². The van der Waals surface area contributed by atoms with Gasteiger partial charge in [0.05, 0.1) is 23.1 Å². The third kappa shape index (κ3) is 2.42. The van der Waals surface area contributed by atoms with Gasteiger partial charge in [0.15, 0.2) is 0 Å². The fraction of sp³-hybridized carbons (Fsp3) is 0. The summed E-state index contributed by atoms with van der Waals surface area (Å²) in [6.45, 7) is 0. The SMILES string of the molecule is NNc1cnn(-c2ccc(C(=O)O)cc2)c(=O)c1Cl. The average molecular weight is 281 g/mol. The van der Waals surface area contributed by atoms with Crippen LogP contribution in [0.1, 0.15) is 10.4 Å². The van der Waals surface area contributed by atoms with Crippen molar-refractivity contribution >= 4 is 23.3 Å². The molecule has 0 aliphatic carbocycles. The molecule has 19 heavy (non-hydrogen) atoms. The van der Waals surface area contributed by atoms with E-state index in [1.807, 2.05) is 0 Å². The molecular weight excluding hydrogens is 272 g/mol. The van der Waals surface area contributed by atoms with Crippen LogP contribution in [0.2, 0.25) is 5.02 Å². The number of nitrogens with one attached hydrogen (secondary N) is 1. The lowest BCUT2D eigenvalue weighted by molar-refractivity contribution is 0.0697. The molecule has 0 spiro atoms. The number of carbonyl (C=O) groups is 1. The van der Waals surface area contributed by atoms with E-state index in [4.69, 9.17) is 22.6 Å². The monoisotopic (exact) mass is 280 g/mol. The van der Waals surface area contributed by atoms with Gasteiger partial charge in [0.25, 0.3) is 5.56 Å². The van der Waals surface area contributed by atoms with Crippen molar-refractivity contribution in [3.05, 3.63) is 51.4 Å². The molecule has 0 aliphatic heterocycles. The van der Waals surface area contributed by atoms with Crippen LogP contribution in [-0.4, -0.2) is 20.9 Å². The van der Waals surface area contributed by atoms with Gasteiger partial charge in [-0.2, -0.15) is 9.78 Å². The van der Waals surface area contributed by atoms with Gasteiger partial charge >= 0.3 is 5.97 Å². The van der Waals surface area contributed by atoms with E-state index in [1.54, 1.807) is 0 Å². The summed E-state index contributed by atoms with van der Waals surface area (Å²) in [5.41, 5.74) is 2.43. The maximum Gasteiger partial charge on any atom is 0.335 e. The van der Waals surface area contributed by atoms with Crippen LogP contribution >= 0.6 is 11.6 Å². The smallest absolute Gasteiger partial charge is 0.335 e. The highest BCUT2D eigenvalue weighted by Crippen LogP contribution is 2.15. The largest absolute Gasteiger partial charge is 0.478 e. The number of hydrogen-bond donors (Lipinski definition) is 3. The summed E-state index contributed by atoms with van der Waals surface area (Å²) >= 11 is 5.82. The molecule has 1 aromatic heterocycles. The topological polar surface area (TPSA) is 110 Å². The van der Waals surface area contributed by atoms with E-state index >= 15 is 0 Å². The predicted octanol–water partition coefficient (Wildman–Crippen LogP) is 0.870. The normalized spacial score (nSPS) is 10.2. The molecule has 0 aliphatic rings. The minimum atomic E-state index is -1.05. The molecule has 2 rings (SSSR count). The minimum Gasteiger partial charge on any atom is -0.478 e. The van der Waals surface area contributed by atoms with E-state index in [1.165, 1.54) is 30.5 Å². The number of nitrogens with zero attached hydrogens (tertiary/aromatic N) is 2. The van der Waals surface area contributed by atoms with Gasteiger partial charge in [-0.15, -0.1) is 0 Å². The number of benzene rings is 1. The van der Waals surface area contributed by atoms with Crippen LogP contribution in [0.4, 0.5) is 5.69 Å².